The number of carbonyl (C=O) groups is 1. The number of aromatic nitrogens is 1. The fraction of sp³-hybridized carbons (Fsp3) is 0.286. The molecule has 0 spiro atoms. The summed E-state index contributed by atoms with van der Waals surface area (Å²) in [4.78, 5) is 10.9. The van der Waals surface area contributed by atoms with E-state index < -0.39 is 5.97 Å². The van der Waals surface area contributed by atoms with Crippen molar-refractivity contribution in [1.82, 2.24) is 5.16 Å². The zero-order valence-corrected chi connectivity index (χ0v) is 12.1. The van der Waals surface area contributed by atoms with Crippen molar-refractivity contribution in [1.29, 1.82) is 0 Å². The van der Waals surface area contributed by atoms with Crippen LogP contribution in [-0.4, -0.2) is 22.3 Å². The standard InChI is InChI=1S/C14H12BrNO4/c15-8-4-5-12(19-9-2-1-3-9)10(6-8)13-7-11(14(17)18)16-20-13/h4-7,9H,1-3H2,(H,17,18). The van der Waals surface area contributed by atoms with Crippen LogP contribution in [0.15, 0.2) is 33.3 Å². The van der Waals surface area contributed by atoms with Gasteiger partial charge >= 0.3 is 5.97 Å². The van der Waals surface area contributed by atoms with Crippen molar-refractivity contribution in [2.75, 3.05) is 0 Å². The first-order valence-corrected chi connectivity index (χ1v) is 7.09. The quantitative estimate of drug-likeness (QED) is 0.920. The number of nitrogens with zero attached hydrogens (tertiary/aromatic N) is 1. The maximum absolute atomic E-state index is 10.9. The molecule has 0 unspecified atom stereocenters. The van der Waals surface area contributed by atoms with Gasteiger partial charge in [-0.15, -0.1) is 0 Å². The van der Waals surface area contributed by atoms with Crippen molar-refractivity contribution in [2.45, 2.75) is 25.4 Å². The third-order valence-corrected chi connectivity index (χ3v) is 3.78. The highest BCUT2D eigenvalue weighted by Crippen LogP contribution is 2.36. The van der Waals surface area contributed by atoms with E-state index in [4.69, 9.17) is 14.4 Å². The Morgan fingerprint density at radius 1 is 1.40 bits per heavy atom. The van der Waals surface area contributed by atoms with Crippen molar-refractivity contribution < 1.29 is 19.2 Å². The molecule has 1 heterocycles. The number of ether oxygens (including phenoxy) is 1. The van der Waals surface area contributed by atoms with Crippen molar-refractivity contribution in [2.24, 2.45) is 0 Å². The molecule has 0 atom stereocenters. The Labute approximate surface area is 123 Å². The third-order valence-electron chi connectivity index (χ3n) is 3.28. The van der Waals surface area contributed by atoms with E-state index in [0.29, 0.717) is 17.1 Å². The van der Waals surface area contributed by atoms with E-state index in [1.54, 1.807) is 0 Å². The Morgan fingerprint density at radius 3 is 2.80 bits per heavy atom. The lowest BCUT2D eigenvalue weighted by atomic mass is 9.96. The molecule has 1 aromatic carbocycles. The van der Waals surface area contributed by atoms with Gasteiger partial charge in [0.25, 0.3) is 0 Å². The smallest absolute Gasteiger partial charge is 0.358 e. The highest BCUT2D eigenvalue weighted by Gasteiger charge is 2.22. The maximum atomic E-state index is 10.9. The van der Waals surface area contributed by atoms with Gasteiger partial charge in [0.15, 0.2) is 11.5 Å². The first kappa shape index (κ1) is 13.2. The summed E-state index contributed by atoms with van der Waals surface area (Å²) in [7, 11) is 0. The second-order valence-corrected chi connectivity index (χ2v) is 5.61. The number of hydrogen-bond donors (Lipinski definition) is 1. The van der Waals surface area contributed by atoms with Crippen molar-refractivity contribution in [3.8, 4) is 17.1 Å². The van der Waals surface area contributed by atoms with E-state index in [0.717, 1.165) is 17.3 Å². The SMILES string of the molecule is O=C(O)c1cc(-c2cc(Br)ccc2OC2CCC2)on1. The molecular formula is C14H12BrNO4. The number of halogens is 1. The molecule has 0 saturated heterocycles. The van der Waals surface area contributed by atoms with Gasteiger partial charge in [-0.3, -0.25) is 0 Å². The second kappa shape index (κ2) is 5.28. The first-order valence-electron chi connectivity index (χ1n) is 6.30. The molecule has 0 aliphatic heterocycles. The van der Waals surface area contributed by atoms with Crippen LogP contribution in [0.3, 0.4) is 0 Å². The number of benzene rings is 1. The molecule has 2 aromatic rings. The van der Waals surface area contributed by atoms with Crippen LogP contribution in [0.4, 0.5) is 0 Å². The highest BCUT2D eigenvalue weighted by molar-refractivity contribution is 9.10. The van der Waals surface area contributed by atoms with Crippen LogP contribution in [0, 0.1) is 0 Å². The van der Waals surface area contributed by atoms with Crippen LogP contribution >= 0.6 is 15.9 Å². The molecule has 104 valence electrons. The maximum Gasteiger partial charge on any atom is 0.358 e. The van der Waals surface area contributed by atoms with Gasteiger partial charge in [0.05, 0.1) is 11.7 Å². The molecule has 1 N–H and O–H groups in total. The molecular weight excluding hydrogens is 326 g/mol. The van der Waals surface area contributed by atoms with Crippen LogP contribution in [0.1, 0.15) is 29.8 Å². The third kappa shape index (κ3) is 2.56. The predicted octanol–water partition coefficient (Wildman–Crippen LogP) is 3.73. The van der Waals surface area contributed by atoms with Gasteiger partial charge in [-0.25, -0.2) is 4.79 Å². The molecule has 0 amide bonds. The van der Waals surface area contributed by atoms with Crippen LogP contribution < -0.4 is 4.74 Å². The summed E-state index contributed by atoms with van der Waals surface area (Å²) in [6, 6.07) is 6.96. The van der Waals surface area contributed by atoms with Gasteiger partial charge in [-0.2, -0.15) is 0 Å². The Hall–Kier alpha value is -1.82. The minimum absolute atomic E-state index is 0.116. The molecule has 3 rings (SSSR count). The molecule has 1 saturated carbocycles. The molecule has 1 fully saturated rings. The number of carboxylic acid groups (broad SMARTS) is 1. The summed E-state index contributed by atoms with van der Waals surface area (Å²) in [6.45, 7) is 0. The first-order chi connectivity index (χ1) is 9.63. The minimum Gasteiger partial charge on any atom is -0.490 e. The summed E-state index contributed by atoms with van der Waals surface area (Å²) in [6.07, 6.45) is 3.51. The molecule has 1 aliphatic carbocycles. The van der Waals surface area contributed by atoms with Gasteiger partial charge in [0.1, 0.15) is 5.75 Å². The van der Waals surface area contributed by atoms with E-state index in [1.165, 1.54) is 12.5 Å². The lowest BCUT2D eigenvalue weighted by molar-refractivity contribution is 0.0686. The van der Waals surface area contributed by atoms with Crippen molar-refractivity contribution >= 4 is 21.9 Å². The molecule has 1 aliphatic rings. The fourth-order valence-corrected chi connectivity index (χ4v) is 2.33. The van der Waals surface area contributed by atoms with E-state index in [9.17, 15) is 4.79 Å². The van der Waals surface area contributed by atoms with Crippen LogP contribution in [-0.2, 0) is 0 Å². The Kier molecular flexibility index (Phi) is 3.48. The Balaban J connectivity index is 1.96. The molecule has 0 bridgehead atoms. The van der Waals surface area contributed by atoms with Gasteiger partial charge < -0.3 is 14.4 Å². The fourth-order valence-electron chi connectivity index (χ4n) is 1.97. The summed E-state index contributed by atoms with van der Waals surface area (Å²) in [5.74, 6) is -0.0412. The summed E-state index contributed by atoms with van der Waals surface area (Å²) >= 11 is 3.39. The van der Waals surface area contributed by atoms with Crippen molar-refractivity contribution in [3.63, 3.8) is 0 Å². The largest absolute Gasteiger partial charge is 0.490 e. The highest BCUT2D eigenvalue weighted by atomic mass is 79.9. The van der Waals surface area contributed by atoms with Crippen LogP contribution in [0.2, 0.25) is 0 Å². The number of rotatable bonds is 4. The average molecular weight is 338 g/mol. The van der Waals surface area contributed by atoms with E-state index in [-0.39, 0.29) is 11.8 Å². The molecule has 20 heavy (non-hydrogen) atoms. The molecule has 6 heteroatoms. The van der Waals surface area contributed by atoms with E-state index in [2.05, 4.69) is 21.1 Å². The zero-order valence-electron chi connectivity index (χ0n) is 10.5. The van der Waals surface area contributed by atoms with E-state index >= 15 is 0 Å². The van der Waals surface area contributed by atoms with Crippen LogP contribution in [0.25, 0.3) is 11.3 Å². The molecule has 0 radical (unpaired) electrons. The summed E-state index contributed by atoms with van der Waals surface area (Å²) in [5.41, 5.74) is 0.584. The Morgan fingerprint density at radius 2 is 2.20 bits per heavy atom. The van der Waals surface area contributed by atoms with Gasteiger partial charge in [0.2, 0.25) is 0 Å². The summed E-state index contributed by atoms with van der Waals surface area (Å²) in [5, 5.41) is 12.4. The minimum atomic E-state index is -1.11. The second-order valence-electron chi connectivity index (χ2n) is 4.69. The van der Waals surface area contributed by atoms with Crippen molar-refractivity contribution in [3.05, 3.63) is 34.4 Å². The van der Waals surface area contributed by atoms with Crippen LogP contribution in [0.5, 0.6) is 5.75 Å². The molecule has 1 aromatic heterocycles. The average Bonchev–Trinajstić information content (AvgIpc) is 2.84. The summed E-state index contributed by atoms with van der Waals surface area (Å²) < 4.78 is 11.9. The van der Waals surface area contributed by atoms with Gasteiger partial charge in [0, 0.05) is 10.5 Å². The zero-order chi connectivity index (χ0) is 14.1. The predicted molar refractivity (Wildman–Crippen MR) is 74.9 cm³/mol. The Bertz CT molecular complexity index is 648. The monoisotopic (exact) mass is 337 g/mol. The topological polar surface area (TPSA) is 72.6 Å². The lowest BCUT2D eigenvalue weighted by Crippen LogP contribution is -2.24. The number of hydrogen-bond acceptors (Lipinski definition) is 4. The normalized spacial score (nSPS) is 14.8. The van der Waals surface area contributed by atoms with Gasteiger partial charge in [-0.1, -0.05) is 21.1 Å². The van der Waals surface area contributed by atoms with Gasteiger partial charge in [-0.05, 0) is 37.5 Å². The lowest BCUT2D eigenvalue weighted by Gasteiger charge is -2.27. The van der Waals surface area contributed by atoms with E-state index in [1.807, 2.05) is 18.2 Å². The number of carboxylic acids is 1. The molecule has 5 nitrogen and oxygen atoms in total. The number of aromatic carboxylic acids is 1.